The molecule has 0 aromatic heterocycles. The van der Waals surface area contributed by atoms with E-state index in [1.165, 1.54) is 5.56 Å². The molecule has 0 aliphatic rings. The highest BCUT2D eigenvalue weighted by molar-refractivity contribution is 9.10. The third-order valence-electron chi connectivity index (χ3n) is 4.61. The van der Waals surface area contributed by atoms with E-state index >= 15 is 0 Å². The van der Waals surface area contributed by atoms with Gasteiger partial charge in [-0.3, -0.25) is 9.59 Å². The highest BCUT2D eigenvalue weighted by atomic mass is 79.9. The highest BCUT2D eigenvalue weighted by Gasteiger charge is 2.25. The molecule has 2 rings (SSSR count). The lowest BCUT2D eigenvalue weighted by atomic mass is 10.1. The van der Waals surface area contributed by atoms with E-state index in [4.69, 9.17) is 4.74 Å². The lowest BCUT2D eigenvalue weighted by molar-refractivity contribution is -0.140. The number of amides is 2. The molecule has 0 saturated heterocycles. The van der Waals surface area contributed by atoms with E-state index < -0.39 is 6.04 Å². The number of hydrogen-bond acceptors (Lipinski definition) is 3. The monoisotopic (exact) mass is 460 g/mol. The third kappa shape index (κ3) is 7.54. The number of ether oxygens (including phenoxy) is 1. The van der Waals surface area contributed by atoms with Crippen LogP contribution >= 0.6 is 15.9 Å². The van der Waals surface area contributed by atoms with E-state index in [0.717, 1.165) is 15.8 Å². The standard InChI is InChI=1S/C23H29BrN2O3/c1-4-25-23(28)18(3)26(16-19-9-11-20(24)12-10-19)22(27)6-5-15-29-21-13-7-17(2)8-14-21/h7-14,18H,4-6,15-16H2,1-3H3,(H,25,28)/t18-/m0/s1. The minimum Gasteiger partial charge on any atom is -0.494 e. The smallest absolute Gasteiger partial charge is 0.242 e. The van der Waals surface area contributed by atoms with Crippen LogP contribution in [0.2, 0.25) is 0 Å². The predicted octanol–water partition coefficient (Wildman–Crippen LogP) is 4.47. The van der Waals surface area contributed by atoms with E-state index in [1.807, 2.05) is 62.4 Å². The molecule has 0 bridgehead atoms. The minimum absolute atomic E-state index is 0.0563. The largest absolute Gasteiger partial charge is 0.494 e. The molecule has 0 saturated carbocycles. The molecule has 0 fully saturated rings. The first kappa shape index (κ1) is 22.9. The molecule has 156 valence electrons. The summed E-state index contributed by atoms with van der Waals surface area (Å²) in [5.74, 6) is 0.596. The second-order valence-electron chi connectivity index (χ2n) is 6.98. The van der Waals surface area contributed by atoms with E-state index in [9.17, 15) is 9.59 Å². The summed E-state index contributed by atoms with van der Waals surface area (Å²) in [6.07, 6.45) is 0.914. The summed E-state index contributed by atoms with van der Waals surface area (Å²) in [6, 6.07) is 15.1. The first-order chi connectivity index (χ1) is 13.9. The maximum atomic E-state index is 12.9. The fraction of sp³-hybridized carbons (Fsp3) is 0.391. The topological polar surface area (TPSA) is 58.6 Å². The molecule has 0 spiro atoms. The number of benzene rings is 2. The van der Waals surface area contributed by atoms with Crippen LogP contribution in [0.4, 0.5) is 0 Å². The van der Waals surface area contributed by atoms with Crippen LogP contribution in [0.1, 0.15) is 37.8 Å². The van der Waals surface area contributed by atoms with Gasteiger partial charge in [0.15, 0.2) is 0 Å². The van der Waals surface area contributed by atoms with Crippen LogP contribution in [0.5, 0.6) is 5.75 Å². The Kier molecular flexibility index (Phi) is 9.19. The molecule has 0 aliphatic carbocycles. The van der Waals surface area contributed by atoms with Gasteiger partial charge < -0.3 is 15.0 Å². The molecule has 2 amide bonds. The molecule has 2 aromatic rings. The van der Waals surface area contributed by atoms with Gasteiger partial charge in [0.25, 0.3) is 0 Å². The number of aryl methyl sites for hydroxylation is 1. The number of carbonyl (C=O) groups is 2. The van der Waals surface area contributed by atoms with Crippen LogP contribution in [0, 0.1) is 6.92 Å². The van der Waals surface area contributed by atoms with Crippen molar-refractivity contribution in [3.05, 3.63) is 64.1 Å². The van der Waals surface area contributed by atoms with Crippen molar-refractivity contribution in [1.29, 1.82) is 0 Å². The number of likely N-dealkylation sites (N-methyl/N-ethyl adjacent to an activating group) is 1. The summed E-state index contributed by atoms with van der Waals surface area (Å²) in [7, 11) is 0. The molecule has 5 nitrogen and oxygen atoms in total. The molecule has 1 N–H and O–H groups in total. The molecule has 0 radical (unpaired) electrons. The summed E-state index contributed by atoms with van der Waals surface area (Å²) in [5, 5.41) is 2.80. The Balaban J connectivity index is 1.96. The summed E-state index contributed by atoms with van der Waals surface area (Å²) < 4.78 is 6.69. The lowest BCUT2D eigenvalue weighted by Gasteiger charge is -2.28. The zero-order chi connectivity index (χ0) is 21.2. The number of rotatable bonds is 10. The second-order valence-corrected chi connectivity index (χ2v) is 7.90. The van der Waals surface area contributed by atoms with Gasteiger partial charge in [-0.2, -0.15) is 0 Å². The van der Waals surface area contributed by atoms with Crippen molar-refractivity contribution in [1.82, 2.24) is 10.2 Å². The van der Waals surface area contributed by atoms with Crippen LogP contribution in [0.15, 0.2) is 53.0 Å². The van der Waals surface area contributed by atoms with Crippen molar-refractivity contribution in [2.45, 2.75) is 46.2 Å². The number of nitrogens with zero attached hydrogens (tertiary/aromatic N) is 1. The van der Waals surface area contributed by atoms with Gasteiger partial charge in [0, 0.05) is 24.0 Å². The molecule has 0 aliphatic heterocycles. The van der Waals surface area contributed by atoms with Crippen LogP contribution in [-0.4, -0.2) is 35.9 Å². The van der Waals surface area contributed by atoms with E-state index in [-0.39, 0.29) is 11.8 Å². The zero-order valence-corrected chi connectivity index (χ0v) is 18.9. The van der Waals surface area contributed by atoms with Gasteiger partial charge in [0.1, 0.15) is 11.8 Å². The molecule has 0 unspecified atom stereocenters. The van der Waals surface area contributed by atoms with E-state index in [0.29, 0.717) is 32.5 Å². The van der Waals surface area contributed by atoms with Crippen LogP contribution in [-0.2, 0) is 16.1 Å². The Morgan fingerprint density at radius 1 is 1.10 bits per heavy atom. The van der Waals surface area contributed by atoms with E-state index in [2.05, 4.69) is 21.2 Å². The molecular weight excluding hydrogens is 432 g/mol. The van der Waals surface area contributed by atoms with Gasteiger partial charge >= 0.3 is 0 Å². The number of halogens is 1. The van der Waals surface area contributed by atoms with Crippen LogP contribution < -0.4 is 10.1 Å². The average molecular weight is 461 g/mol. The predicted molar refractivity (Wildman–Crippen MR) is 119 cm³/mol. The molecule has 0 heterocycles. The van der Waals surface area contributed by atoms with Crippen LogP contribution in [0.25, 0.3) is 0 Å². The average Bonchev–Trinajstić information content (AvgIpc) is 2.71. The normalized spacial score (nSPS) is 11.6. The quantitative estimate of drug-likeness (QED) is 0.532. The van der Waals surface area contributed by atoms with Gasteiger partial charge in [-0.25, -0.2) is 0 Å². The summed E-state index contributed by atoms with van der Waals surface area (Å²) in [6.45, 7) is 7.05. The van der Waals surface area contributed by atoms with Crippen molar-refractivity contribution in [3.8, 4) is 5.75 Å². The van der Waals surface area contributed by atoms with Gasteiger partial charge in [-0.15, -0.1) is 0 Å². The fourth-order valence-electron chi connectivity index (χ4n) is 2.88. The molecule has 29 heavy (non-hydrogen) atoms. The van der Waals surface area contributed by atoms with Gasteiger partial charge in [-0.1, -0.05) is 45.8 Å². The molecule has 6 heteroatoms. The number of nitrogens with one attached hydrogen (secondary N) is 1. The molecule has 2 aromatic carbocycles. The minimum atomic E-state index is -0.538. The maximum absolute atomic E-state index is 12.9. The third-order valence-corrected chi connectivity index (χ3v) is 5.14. The Labute approximate surface area is 181 Å². The Bertz CT molecular complexity index is 791. The van der Waals surface area contributed by atoms with Crippen molar-refractivity contribution in [2.75, 3.05) is 13.2 Å². The Morgan fingerprint density at radius 3 is 2.38 bits per heavy atom. The van der Waals surface area contributed by atoms with E-state index in [1.54, 1.807) is 11.8 Å². The van der Waals surface area contributed by atoms with Crippen molar-refractivity contribution in [2.24, 2.45) is 0 Å². The van der Waals surface area contributed by atoms with Crippen LogP contribution in [0.3, 0.4) is 0 Å². The number of hydrogen-bond donors (Lipinski definition) is 1. The Morgan fingerprint density at radius 2 is 1.76 bits per heavy atom. The molecule has 1 atom stereocenters. The highest BCUT2D eigenvalue weighted by Crippen LogP contribution is 2.16. The molecular formula is C23H29BrN2O3. The SMILES string of the molecule is CCNC(=O)[C@H](C)N(Cc1ccc(Br)cc1)C(=O)CCCOc1ccc(C)cc1. The van der Waals surface area contributed by atoms with Gasteiger partial charge in [0.2, 0.25) is 11.8 Å². The maximum Gasteiger partial charge on any atom is 0.242 e. The van der Waals surface area contributed by atoms with Gasteiger partial charge in [0.05, 0.1) is 6.61 Å². The van der Waals surface area contributed by atoms with Crippen molar-refractivity contribution in [3.63, 3.8) is 0 Å². The second kappa shape index (κ2) is 11.6. The lowest BCUT2D eigenvalue weighted by Crippen LogP contribution is -2.47. The number of carbonyl (C=O) groups excluding carboxylic acids is 2. The summed E-state index contributed by atoms with van der Waals surface area (Å²) in [5.41, 5.74) is 2.16. The fourth-order valence-corrected chi connectivity index (χ4v) is 3.15. The summed E-state index contributed by atoms with van der Waals surface area (Å²) >= 11 is 3.42. The first-order valence-corrected chi connectivity index (χ1v) is 10.7. The summed E-state index contributed by atoms with van der Waals surface area (Å²) in [4.78, 5) is 26.9. The Hall–Kier alpha value is -2.34. The van der Waals surface area contributed by atoms with Gasteiger partial charge in [-0.05, 0) is 57.0 Å². The first-order valence-electron chi connectivity index (χ1n) is 9.91. The zero-order valence-electron chi connectivity index (χ0n) is 17.3. The van der Waals surface area contributed by atoms with Crippen molar-refractivity contribution < 1.29 is 14.3 Å². The van der Waals surface area contributed by atoms with Crippen molar-refractivity contribution >= 4 is 27.7 Å².